The summed E-state index contributed by atoms with van der Waals surface area (Å²) >= 11 is 0. The summed E-state index contributed by atoms with van der Waals surface area (Å²) < 4.78 is 19.6. The van der Waals surface area contributed by atoms with E-state index >= 15 is 0 Å². The Balaban J connectivity index is 2.88. The van der Waals surface area contributed by atoms with Crippen LogP contribution in [0.4, 0.5) is 0 Å². The molecule has 18 heavy (non-hydrogen) atoms. The summed E-state index contributed by atoms with van der Waals surface area (Å²) in [7, 11) is 3.21. The number of hydrogen-bond acceptors (Lipinski definition) is 5. The van der Waals surface area contributed by atoms with Crippen molar-refractivity contribution in [2.24, 2.45) is 0 Å². The molecular weight excluding hydrogens is 236 g/mol. The molecule has 0 heterocycles. The van der Waals surface area contributed by atoms with Crippen LogP contribution >= 0.6 is 0 Å². The first-order valence-electron chi connectivity index (χ1n) is 6.43. The maximum Gasteiger partial charge on any atom is 0.417 e. The molecule has 0 saturated carbocycles. The van der Waals surface area contributed by atoms with E-state index < -0.39 is 0 Å². The van der Waals surface area contributed by atoms with Crippen molar-refractivity contribution in [1.82, 2.24) is 0 Å². The SMILES string of the molecule is [CH2]OCOCCCCCOCCCCCO[C]=O. The standard InChI is InChI=1S/C13H24O5/c1-15-13-18-11-7-3-5-9-16-8-4-2-6-10-17-12-14/h1-11,13H2. The van der Waals surface area contributed by atoms with Crippen molar-refractivity contribution in [2.75, 3.05) is 33.2 Å². The minimum atomic E-state index is 0.266. The molecule has 0 aromatic carbocycles. The van der Waals surface area contributed by atoms with Gasteiger partial charge in [0.15, 0.2) is 0 Å². The largest absolute Gasteiger partial charge is 0.457 e. The topological polar surface area (TPSA) is 54.0 Å². The van der Waals surface area contributed by atoms with Crippen LogP contribution in [0.2, 0.25) is 0 Å². The van der Waals surface area contributed by atoms with Gasteiger partial charge in [0.25, 0.3) is 0 Å². The van der Waals surface area contributed by atoms with Gasteiger partial charge in [0.05, 0.1) is 13.7 Å². The third-order valence-electron chi connectivity index (χ3n) is 2.34. The molecule has 0 atom stereocenters. The van der Waals surface area contributed by atoms with Crippen LogP contribution in [0.1, 0.15) is 38.5 Å². The zero-order valence-electron chi connectivity index (χ0n) is 11.0. The molecule has 0 aliphatic carbocycles. The average molecular weight is 260 g/mol. The summed E-state index contributed by atoms with van der Waals surface area (Å²) in [5.74, 6) is 0. The first-order valence-corrected chi connectivity index (χ1v) is 6.43. The number of carbonyl (C=O) groups excluding carboxylic acids is 1. The summed E-state index contributed by atoms with van der Waals surface area (Å²) in [6.45, 7) is 4.42. The van der Waals surface area contributed by atoms with Gasteiger partial charge in [-0.3, -0.25) is 0 Å². The monoisotopic (exact) mass is 260 g/mol. The van der Waals surface area contributed by atoms with Crippen molar-refractivity contribution in [2.45, 2.75) is 38.5 Å². The average Bonchev–Trinajstić information content (AvgIpc) is 2.39. The molecule has 0 spiro atoms. The number of hydrogen-bond donors (Lipinski definition) is 0. The molecule has 0 amide bonds. The molecule has 5 nitrogen and oxygen atoms in total. The van der Waals surface area contributed by atoms with Crippen molar-refractivity contribution < 1.29 is 23.7 Å². The fourth-order valence-corrected chi connectivity index (χ4v) is 1.40. The van der Waals surface area contributed by atoms with Gasteiger partial charge < -0.3 is 18.9 Å². The third kappa shape index (κ3) is 15.4. The molecule has 0 unspecified atom stereocenters. The van der Waals surface area contributed by atoms with Crippen molar-refractivity contribution in [1.29, 1.82) is 0 Å². The van der Waals surface area contributed by atoms with Crippen LogP contribution in [-0.2, 0) is 23.7 Å². The summed E-state index contributed by atoms with van der Waals surface area (Å²) in [6, 6.07) is 0. The predicted molar refractivity (Wildman–Crippen MR) is 67.4 cm³/mol. The number of ether oxygens (including phenoxy) is 4. The van der Waals surface area contributed by atoms with E-state index in [4.69, 9.17) is 9.47 Å². The lowest BCUT2D eigenvalue weighted by Crippen LogP contribution is -2.00. The lowest BCUT2D eigenvalue weighted by atomic mass is 10.2. The second kappa shape index (κ2) is 16.4. The second-order valence-corrected chi connectivity index (χ2v) is 3.90. The Morgan fingerprint density at radius 2 is 1.33 bits per heavy atom. The minimum absolute atomic E-state index is 0.266. The van der Waals surface area contributed by atoms with E-state index in [1.807, 2.05) is 0 Å². The van der Waals surface area contributed by atoms with Gasteiger partial charge in [-0.1, -0.05) is 0 Å². The normalized spacial score (nSPS) is 10.5. The van der Waals surface area contributed by atoms with Gasteiger partial charge in [0.2, 0.25) is 0 Å². The van der Waals surface area contributed by atoms with Crippen molar-refractivity contribution >= 4 is 6.47 Å². The predicted octanol–water partition coefficient (Wildman–Crippen LogP) is 2.21. The number of unbranched alkanes of at least 4 members (excludes halogenated alkanes) is 4. The van der Waals surface area contributed by atoms with Crippen molar-refractivity contribution in [3.63, 3.8) is 0 Å². The van der Waals surface area contributed by atoms with E-state index in [9.17, 15) is 4.79 Å². The molecule has 0 N–H and O–H groups in total. The Hall–Kier alpha value is -0.650. The van der Waals surface area contributed by atoms with Crippen LogP contribution in [0.25, 0.3) is 0 Å². The highest BCUT2D eigenvalue weighted by Crippen LogP contribution is 1.99. The second-order valence-electron chi connectivity index (χ2n) is 3.90. The van der Waals surface area contributed by atoms with Crippen LogP contribution in [-0.4, -0.2) is 39.7 Å². The van der Waals surface area contributed by atoms with Gasteiger partial charge >= 0.3 is 6.47 Å². The Labute approximate surface area is 110 Å². The van der Waals surface area contributed by atoms with Gasteiger partial charge in [0, 0.05) is 19.8 Å². The quantitative estimate of drug-likeness (QED) is 0.334. The molecule has 5 heteroatoms. The van der Waals surface area contributed by atoms with Gasteiger partial charge in [-0.2, -0.15) is 0 Å². The molecule has 0 fully saturated rings. The molecule has 2 radical (unpaired) electrons. The van der Waals surface area contributed by atoms with Crippen LogP contribution in [0.3, 0.4) is 0 Å². The molecular formula is C13H24O5. The zero-order chi connectivity index (χ0) is 13.3. The van der Waals surface area contributed by atoms with Crippen molar-refractivity contribution in [3.8, 4) is 0 Å². The maximum absolute atomic E-state index is 9.73. The first-order chi connectivity index (χ1) is 8.91. The maximum atomic E-state index is 9.73. The van der Waals surface area contributed by atoms with E-state index in [1.165, 1.54) is 6.47 Å². The summed E-state index contributed by atoms with van der Waals surface area (Å²) in [5.41, 5.74) is 0. The Morgan fingerprint density at radius 1 is 0.778 bits per heavy atom. The summed E-state index contributed by atoms with van der Waals surface area (Å²) in [5, 5.41) is 0. The fraction of sp³-hybridized carbons (Fsp3) is 0.846. The fourth-order valence-electron chi connectivity index (χ4n) is 1.40. The summed E-state index contributed by atoms with van der Waals surface area (Å²) in [4.78, 5) is 9.73. The highest BCUT2D eigenvalue weighted by atomic mass is 16.7. The molecule has 0 aromatic heterocycles. The van der Waals surface area contributed by atoms with Crippen LogP contribution in [0.5, 0.6) is 0 Å². The molecule has 0 bridgehead atoms. The first kappa shape index (κ1) is 17.4. The molecule has 0 rings (SSSR count). The Morgan fingerprint density at radius 3 is 1.89 bits per heavy atom. The molecule has 106 valence electrons. The Kier molecular flexibility index (Phi) is 15.8. The van der Waals surface area contributed by atoms with Gasteiger partial charge in [-0.05, 0) is 38.5 Å². The van der Waals surface area contributed by atoms with Crippen LogP contribution in [0, 0.1) is 7.11 Å². The molecule has 0 saturated heterocycles. The van der Waals surface area contributed by atoms with Crippen molar-refractivity contribution in [3.05, 3.63) is 7.11 Å². The molecule has 0 aliphatic rings. The highest BCUT2D eigenvalue weighted by molar-refractivity contribution is 5.37. The van der Waals surface area contributed by atoms with Crippen LogP contribution < -0.4 is 0 Å². The molecule has 0 aliphatic heterocycles. The van der Waals surface area contributed by atoms with Gasteiger partial charge in [-0.15, -0.1) is 0 Å². The smallest absolute Gasteiger partial charge is 0.417 e. The molecule has 0 aromatic rings. The van der Waals surface area contributed by atoms with E-state index in [0.717, 1.165) is 51.7 Å². The lowest BCUT2D eigenvalue weighted by Gasteiger charge is -2.05. The van der Waals surface area contributed by atoms with E-state index in [0.29, 0.717) is 13.2 Å². The highest BCUT2D eigenvalue weighted by Gasteiger charge is 1.93. The van der Waals surface area contributed by atoms with Crippen LogP contribution in [0.15, 0.2) is 0 Å². The van der Waals surface area contributed by atoms with Gasteiger partial charge in [-0.25, -0.2) is 4.79 Å². The lowest BCUT2D eigenvalue weighted by molar-refractivity contribution is -0.0160. The number of rotatable bonds is 15. The van der Waals surface area contributed by atoms with E-state index in [-0.39, 0.29) is 6.79 Å². The van der Waals surface area contributed by atoms with E-state index in [2.05, 4.69) is 16.6 Å². The van der Waals surface area contributed by atoms with Gasteiger partial charge in [0.1, 0.15) is 6.79 Å². The third-order valence-corrected chi connectivity index (χ3v) is 2.34. The Bertz CT molecular complexity index is 163. The minimum Gasteiger partial charge on any atom is -0.457 e. The van der Waals surface area contributed by atoms with E-state index in [1.54, 1.807) is 0 Å². The summed E-state index contributed by atoms with van der Waals surface area (Å²) in [6.07, 6.45) is 6.07. The zero-order valence-corrected chi connectivity index (χ0v) is 11.0.